The van der Waals surface area contributed by atoms with Gasteiger partial charge in [0.25, 0.3) is 0 Å². The zero-order valence-electron chi connectivity index (χ0n) is 12.1. The van der Waals surface area contributed by atoms with Gasteiger partial charge in [0.1, 0.15) is 0 Å². The summed E-state index contributed by atoms with van der Waals surface area (Å²) >= 11 is 0. The Morgan fingerprint density at radius 3 is 3.10 bits per heavy atom. The van der Waals surface area contributed by atoms with Crippen molar-refractivity contribution in [3.8, 4) is 0 Å². The van der Waals surface area contributed by atoms with E-state index in [0.29, 0.717) is 17.7 Å². The number of anilines is 1. The number of fused-ring (bicyclic) bond motifs is 3. The van der Waals surface area contributed by atoms with Gasteiger partial charge in [-0.05, 0) is 42.2 Å². The Morgan fingerprint density at radius 1 is 1.43 bits per heavy atom. The molecule has 0 saturated heterocycles. The van der Waals surface area contributed by atoms with Crippen molar-refractivity contribution < 1.29 is 4.79 Å². The monoisotopic (exact) mass is 281 g/mol. The van der Waals surface area contributed by atoms with Crippen LogP contribution >= 0.6 is 0 Å². The molecule has 4 heteroatoms. The predicted molar refractivity (Wildman–Crippen MR) is 81.1 cm³/mol. The second kappa shape index (κ2) is 4.72. The number of amides is 1. The first kappa shape index (κ1) is 12.6. The third-order valence-corrected chi connectivity index (χ3v) is 4.90. The summed E-state index contributed by atoms with van der Waals surface area (Å²) in [6, 6.07) is 10.5. The average molecular weight is 281 g/mol. The van der Waals surface area contributed by atoms with Crippen LogP contribution < -0.4 is 5.32 Å². The van der Waals surface area contributed by atoms with E-state index in [2.05, 4.69) is 46.7 Å². The lowest BCUT2D eigenvalue weighted by molar-refractivity contribution is -0.117. The number of rotatable bonds is 3. The Hall–Kier alpha value is -2.10. The number of nitrogens with one attached hydrogen (secondary N) is 2. The van der Waals surface area contributed by atoms with Gasteiger partial charge in [-0.2, -0.15) is 5.10 Å². The van der Waals surface area contributed by atoms with Crippen LogP contribution in [0, 0.1) is 11.8 Å². The van der Waals surface area contributed by atoms with E-state index in [1.807, 2.05) is 6.07 Å². The lowest BCUT2D eigenvalue weighted by Crippen LogP contribution is -2.15. The number of benzene rings is 1. The molecule has 0 bridgehead atoms. The number of H-pyrrole nitrogens is 1. The lowest BCUT2D eigenvalue weighted by atomic mass is 9.92. The number of aryl methyl sites for hydroxylation is 2. The number of aromatic nitrogens is 2. The minimum absolute atomic E-state index is 0.121. The number of hydrogen-bond donors (Lipinski definition) is 2. The number of hydrogen-bond acceptors (Lipinski definition) is 2. The molecule has 2 aliphatic carbocycles. The molecular weight excluding hydrogens is 262 g/mol. The molecule has 21 heavy (non-hydrogen) atoms. The quantitative estimate of drug-likeness (QED) is 0.909. The van der Waals surface area contributed by atoms with Crippen molar-refractivity contribution in [1.82, 2.24) is 10.2 Å². The summed E-state index contributed by atoms with van der Waals surface area (Å²) in [6.07, 6.45) is 3.12. The fraction of sp³-hybridized carbons (Fsp3) is 0.412. The maximum absolute atomic E-state index is 12.5. The molecule has 1 heterocycles. The molecule has 1 aromatic heterocycles. The van der Waals surface area contributed by atoms with Gasteiger partial charge in [-0.1, -0.05) is 31.2 Å². The van der Waals surface area contributed by atoms with Gasteiger partial charge in [-0.25, -0.2) is 0 Å². The van der Waals surface area contributed by atoms with E-state index < -0.39 is 0 Å². The first-order valence-electron chi connectivity index (χ1n) is 7.71. The second-order valence-electron chi connectivity index (χ2n) is 6.07. The van der Waals surface area contributed by atoms with Crippen LogP contribution in [-0.4, -0.2) is 16.1 Å². The van der Waals surface area contributed by atoms with Gasteiger partial charge in [-0.3, -0.25) is 9.89 Å². The summed E-state index contributed by atoms with van der Waals surface area (Å²) in [5.74, 6) is 1.82. The summed E-state index contributed by atoms with van der Waals surface area (Å²) in [5.41, 5.74) is 3.84. The topological polar surface area (TPSA) is 57.8 Å². The van der Waals surface area contributed by atoms with Crippen LogP contribution in [0.3, 0.4) is 0 Å². The minimum atomic E-state index is 0.121. The van der Waals surface area contributed by atoms with Gasteiger partial charge in [-0.15, -0.1) is 0 Å². The summed E-state index contributed by atoms with van der Waals surface area (Å²) < 4.78 is 0. The zero-order chi connectivity index (χ0) is 14.4. The summed E-state index contributed by atoms with van der Waals surface area (Å²) in [6.45, 7) is 2.06. The number of carbonyl (C=O) groups is 1. The van der Waals surface area contributed by atoms with Gasteiger partial charge in [0.2, 0.25) is 5.91 Å². The molecule has 4 rings (SSSR count). The Balaban J connectivity index is 1.50. The van der Waals surface area contributed by atoms with Crippen molar-refractivity contribution >= 4 is 11.7 Å². The molecule has 1 aromatic carbocycles. The van der Waals surface area contributed by atoms with Crippen LogP contribution in [0.15, 0.2) is 30.3 Å². The number of aromatic amines is 1. The van der Waals surface area contributed by atoms with Crippen molar-refractivity contribution in [3.63, 3.8) is 0 Å². The van der Waals surface area contributed by atoms with Gasteiger partial charge < -0.3 is 5.32 Å². The maximum atomic E-state index is 12.5. The third kappa shape index (κ3) is 2.06. The summed E-state index contributed by atoms with van der Waals surface area (Å²) in [5, 5.41) is 10.0. The Morgan fingerprint density at radius 2 is 2.29 bits per heavy atom. The highest BCUT2D eigenvalue weighted by Crippen LogP contribution is 2.60. The molecule has 0 radical (unpaired) electrons. The van der Waals surface area contributed by atoms with Crippen LogP contribution in [0.2, 0.25) is 0 Å². The minimum Gasteiger partial charge on any atom is -0.309 e. The van der Waals surface area contributed by atoms with Gasteiger partial charge in [0.05, 0.1) is 0 Å². The van der Waals surface area contributed by atoms with Crippen molar-refractivity contribution in [1.29, 1.82) is 0 Å². The molecule has 1 saturated carbocycles. The van der Waals surface area contributed by atoms with Crippen molar-refractivity contribution in [2.45, 2.75) is 32.1 Å². The number of carbonyl (C=O) groups excluding carboxylic acids is 1. The largest absolute Gasteiger partial charge is 0.309 e. The molecule has 108 valence electrons. The SMILES string of the molecule is CCc1cc(NC(=O)C2C3CCc4ccccc4C32)n[nH]1. The summed E-state index contributed by atoms with van der Waals surface area (Å²) in [7, 11) is 0. The van der Waals surface area contributed by atoms with Crippen LogP contribution in [-0.2, 0) is 17.6 Å². The van der Waals surface area contributed by atoms with Crippen molar-refractivity contribution in [2.75, 3.05) is 5.32 Å². The molecule has 2 N–H and O–H groups in total. The van der Waals surface area contributed by atoms with Crippen molar-refractivity contribution in [2.24, 2.45) is 11.8 Å². The van der Waals surface area contributed by atoms with Crippen LogP contribution in [0.25, 0.3) is 0 Å². The van der Waals surface area contributed by atoms with Crippen molar-refractivity contribution in [3.05, 3.63) is 47.2 Å². The molecule has 2 aliphatic rings. The van der Waals surface area contributed by atoms with E-state index in [-0.39, 0.29) is 11.8 Å². The molecule has 3 unspecified atom stereocenters. The van der Waals surface area contributed by atoms with Gasteiger partial charge in [0.15, 0.2) is 5.82 Å². The molecular formula is C17H19N3O. The molecule has 4 nitrogen and oxygen atoms in total. The second-order valence-corrected chi connectivity index (χ2v) is 6.07. The summed E-state index contributed by atoms with van der Waals surface area (Å²) in [4.78, 5) is 12.5. The fourth-order valence-electron chi connectivity index (χ4n) is 3.74. The first-order valence-corrected chi connectivity index (χ1v) is 7.71. The fourth-order valence-corrected chi connectivity index (χ4v) is 3.74. The standard InChI is InChI=1S/C17H19N3O/c1-2-11-9-14(20-19-11)18-17(21)16-13-8-7-10-5-3-4-6-12(10)15(13)16/h3-6,9,13,15-16H,2,7-8H2,1H3,(H2,18,19,20,21). The molecule has 2 aromatic rings. The van der Waals surface area contributed by atoms with Gasteiger partial charge in [0, 0.05) is 17.7 Å². The Labute approximate surface area is 124 Å². The van der Waals surface area contributed by atoms with Crippen LogP contribution in [0.5, 0.6) is 0 Å². The maximum Gasteiger partial charge on any atom is 0.229 e. The van der Waals surface area contributed by atoms with E-state index in [1.165, 1.54) is 11.1 Å². The number of nitrogens with zero attached hydrogens (tertiary/aromatic N) is 1. The zero-order valence-corrected chi connectivity index (χ0v) is 12.1. The lowest BCUT2D eigenvalue weighted by Gasteiger charge is -2.13. The molecule has 0 aliphatic heterocycles. The average Bonchev–Trinajstić information content (AvgIpc) is 3.10. The van der Waals surface area contributed by atoms with E-state index >= 15 is 0 Å². The molecule has 3 atom stereocenters. The van der Waals surface area contributed by atoms with Gasteiger partial charge >= 0.3 is 0 Å². The first-order chi connectivity index (χ1) is 10.3. The predicted octanol–water partition coefficient (Wildman–Crippen LogP) is 2.89. The molecule has 1 amide bonds. The van der Waals surface area contributed by atoms with E-state index in [9.17, 15) is 4.79 Å². The third-order valence-electron chi connectivity index (χ3n) is 4.90. The highest BCUT2D eigenvalue weighted by atomic mass is 16.2. The molecule has 1 fully saturated rings. The molecule has 0 spiro atoms. The van der Waals surface area contributed by atoms with E-state index in [1.54, 1.807) is 0 Å². The van der Waals surface area contributed by atoms with E-state index in [0.717, 1.165) is 25.0 Å². The Kier molecular flexibility index (Phi) is 2.84. The smallest absolute Gasteiger partial charge is 0.229 e. The van der Waals surface area contributed by atoms with Crippen LogP contribution in [0.4, 0.5) is 5.82 Å². The highest BCUT2D eigenvalue weighted by molar-refractivity contribution is 5.95. The van der Waals surface area contributed by atoms with E-state index in [4.69, 9.17) is 0 Å². The van der Waals surface area contributed by atoms with Crippen LogP contribution in [0.1, 0.15) is 36.1 Å². The normalized spacial score (nSPS) is 25.9. The Bertz CT molecular complexity index is 691. The highest BCUT2D eigenvalue weighted by Gasteiger charge is 2.56.